The molecular weight excluding hydrogens is 510 g/mol. The number of aliphatic hydroxyl groups excluding tert-OH is 1. The van der Waals surface area contributed by atoms with Crippen molar-refractivity contribution in [3.8, 4) is 11.6 Å². The lowest BCUT2D eigenvalue weighted by Crippen LogP contribution is -2.37. The number of hydrogen-bond acceptors (Lipinski definition) is 4. The molecule has 3 atom stereocenters. The van der Waals surface area contributed by atoms with Crippen molar-refractivity contribution < 1.29 is 14.6 Å². The third-order valence-electron chi connectivity index (χ3n) is 7.34. The van der Waals surface area contributed by atoms with Crippen LogP contribution in [0.1, 0.15) is 29.7 Å². The Bertz CT molecular complexity index is 1680. The Morgan fingerprint density at radius 2 is 1.63 bits per heavy atom. The molecule has 0 amide bonds. The van der Waals surface area contributed by atoms with Crippen LogP contribution in [-0.2, 0) is 6.42 Å². The number of hydrogen-bond donors (Lipinski definition) is 4. The summed E-state index contributed by atoms with van der Waals surface area (Å²) in [5.74, 6) is 1.49. The van der Waals surface area contributed by atoms with Gasteiger partial charge in [-0.15, -0.1) is 0 Å². The van der Waals surface area contributed by atoms with Crippen LogP contribution in [0.5, 0.6) is 11.6 Å². The number of benzene rings is 4. The zero-order valence-corrected chi connectivity index (χ0v) is 23.1. The summed E-state index contributed by atoms with van der Waals surface area (Å²) in [7, 11) is 0. The minimum Gasteiger partial charge on any atom is -0.491 e. The number of aliphatic hydroxyl groups is 1. The van der Waals surface area contributed by atoms with E-state index in [1.165, 1.54) is 5.56 Å². The fourth-order valence-corrected chi connectivity index (χ4v) is 5.29. The van der Waals surface area contributed by atoms with E-state index in [-0.39, 0.29) is 18.8 Å². The monoisotopic (exact) mass is 545 g/mol. The second-order valence-electron chi connectivity index (χ2n) is 10.5. The fraction of sp³-hybridized carbons (Fsp3) is 0.200. The van der Waals surface area contributed by atoms with Gasteiger partial charge < -0.3 is 29.9 Å². The van der Waals surface area contributed by atoms with Crippen molar-refractivity contribution >= 4 is 21.8 Å². The average Bonchev–Trinajstić information content (AvgIpc) is 3.65. The van der Waals surface area contributed by atoms with Gasteiger partial charge in [0.05, 0.1) is 5.52 Å². The summed E-state index contributed by atoms with van der Waals surface area (Å²) in [5, 5.41) is 16.1. The number of nitrogens with one attached hydrogen (secondary N) is 3. The normalized spacial score (nSPS) is 13.7. The van der Waals surface area contributed by atoms with Crippen LogP contribution in [0.3, 0.4) is 0 Å². The van der Waals surface area contributed by atoms with Crippen molar-refractivity contribution in [3.05, 3.63) is 132 Å². The Labute approximate surface area is 240 Å². The minimum absolute atomic E-state index is 0.163. The van der Waals surface area contributed by atoms with E-state index in [0.717, 1.165) is 51.0 Å². The highest BCUT2D eigenvalue weighted by Gasteiger charge is 2.21. The van der Waals surface area contributed by atoms with E-state index in [1.54, 1.807) is 0 Å². The minimum atomic E-state index is -0.598. The molecule has 0 aliphatic heterocycles. The van der Waals surface area contributed by atoms with E-state index >= 15 is 0 Å². The zero-order valence-electron chi connectivity index (χ0n) is 23.1. The number of para-hydroxylation sites is 3. The zero-order chi connectivity index (χ0) is 28.0. The van der Waals surface area contributed by atoms with Gasteiger partial charge in [0.1, 0.15) is 18.5 Å². The van der Waals surface area contributed by atoms with Crippen LogP contribution in [0.25, 0.3) is 21.8 Å². The lowest BCUT2D eigenvalue weighted by molar-refractivity contribution is 0.104. The number of fused-ring (bicyclic) bond motifs is 2. The Hall–Kier alpha value is -4.52. The molecule has 0 aliphatic carbocycles. The molecule has 2 heterocycles. The van der Waals surface area contributed by atoms with E-state index in [1.807, 2.05) is 48.7 Å². The van der Waals surface area contributed by atoms with E-state index in [9.17, 15) is 5.11 Å². The maximum absolute atomic E-state index is 10.4. The van der Waals surface area contributed by atoms with Gasteiger partial charge in [-0.3, -0.25) is 0 Å². The molecule has 41 heavy (non-hydrogen) atoms. The van der Waals surface area contributed by atoms with Gasteiger partial charge in [-0.2, -0.15) is 0 Å². The standard InChI is InChI=1S/C35H35N3O3/c1-24(37-22-29(39)23-40-30-13-3-2-4-14-30)19-25-9-7-12-28(20-25)35(31-15-8-11-26-17-18-36-34(26)31)41-33-21-27-10-5-6-16-32(27)38-33/h2-18,20-21,24,29,35-39H,19,22-23H2,1H3. The number of rotatable bonds is 12. The van der Waals surface area contributed by atoms with E-state index < -0.39 is 6.10 Å². The van der Waals surface area contributed by atoms with Crippen LogP contribution in [0.4, 0.5) is 0 Å². The maximum Gasteiger partial charge on any atom is 0.192 e. The van der Waals surface area contributed by atoms with Crippen molar-refractivity contribution in [2.45, 2.75) is 31.6 Å². The molecule has 3 unspecified atom stereocenters. The highest BCUT2D eigenvalue weighted by atomic mass is 16.5. The Morgan fingerprint density at radius 1 is 0.829 bits per heavy atom. The molecular formula is C35H35N3O3. The van der Waals surface area contributed by atoms with Crippen LogP contribution in [0.2, 0.25) is 0 Å². The van der Waals surface area contributed by atoms with Crippen molar-refractivity contribution in [1.82, 2.24) is 15.3 Å². The SMILES string of the molecule is CC(Cc1cccc(C(Oc2cc3ccccc3[nH]2)c2cccc3cc[nH]c23)c1)NCC(O)COc1ccccc1. The van der Waals surface area contributed by atoms with Crippen LogP contribution in [0, 0.1) is 0 Å². The first kappa shape index (κ1) is 26.7. The second kappa shape index (κ2) is 12.3. The maximum atomic E-state index is 10.4. The molecule has 0 bridgehead atoms. The van der Waals surface area contributed by atoms with Gasteiger partial charge in [0.15, 0.2) is 12.0 Å². The predicted octanol–water partition coefficient (Wildman–Crippen LogP) is 6.78. The summed E-state index contributed by atoms with van der Waals surface area (Å²) in [6.07, 6.45) is 1.87. The summed E-state index contributed by atoms with van der Waals surface area (Å²) in [6.45, 7) is 2.83. The highest BCUT2D eigenvalue weighted by molar-refractivity contribution is 5.84. The molecule has 0 aliphatic rings. The molecule has 6 aromatic rings. The van der Waals surface area contributed by atoms with Gasteiger partial charge >= 0.3 is 0 Å². The lowest BCUT2D eigenvalue weighted by Gasteiger charge is -2.22. The Kier molecular flexibility index (Phi) is 8.03. The Balaban J connectivity index is 1.18. The van der Waals surface area contributed by atoms with Crippen LogP contribution >= 0.6 is 0 Å². The van der Waals surface area contributed by atoms with Crippen molar-refractivity contribution in [2.75, 3.05) is 13.2 Å². The second-order valence-corrected chi connectivity index (χ2v) is 10.5. The van der Waals surface area contributed by atoms with Gasteiger partial charge in [-0.25, -0.2) is 0 Å². The lowest BCUT2D eigenvalue weighted by atomic mass is 9.96. The molecule has 2 aromatic heterocycles. The predicted molar refractivity (Wildman–Crippen MR) is 165 cm³/mol. The number of aromatic amines is 2. The number of H-pyrrole nitrogens is 2. The van der Waals surface area contributed by atoms with E-state index in [0.29, 0.717) is 6.54 Å². The fourth-order valence-electron chi connectivity index (χ4n) is 5.29. The average molecular weight is 546 g/mol. The molecule has 6 nitrogen and oxygen atoms in total. The van der Waals surface area contributed by atoms with Crippen molar-refractivity contribution in [1.29, 1.82) is 0 Å². The number of aromatic nitrogens is 2. The van der Waals surface area contributed by atoms with Crippen LogP contribution in [-0.4, -0.2) is 40.4 Å². The molecule has 208 valence electrons. The smallest absolute Gasteiger partial charge is 0.192 e. The van der Waals surface area contributed by atoms with E-state index in [4.69, 9.17) is 9.47 Å². The first-order chi connectivity index (χ1) is 20.1. The Morgan fingerprint density at radius 3 is 2.51 bits per heavy atom. The summed E-state index contributed by atoms with van der Waals surface area (Å²) in [6, 6.07) is 37.0. The highest BCUT2D eigenvalue weighted by Crippen LogP contribution is 2.34. The van der Waals surface area contributed by atoms with Crippen molar-refractivity contribution in [2.24, 2.45) is 0 Å². The quantitative estimate of drug-likeness (QED) is 0.137. The van der Waals surface area contributed by atoms with Crippen molar-refractivity contribution in [3.63, 3.8) is 0 Å². The van der Waals surface area contributed by atoms with Gasteiger partial charge in [-0.1, -0.05) is 78.9 Å². The molecule has 0 fully saturated rings. The molecule has 6 heteroatoms. The summed E-state index contributed by atoms with van der Waals surface area (Å²) in [4.78, 5) is 6.84. The molecule has 0 saturated heterocycles. The summed E-state index contributed by atoms with van der Waals surface area (Å²) >= 11 is 0. The number of ether oxygens (including phenoxy) is 2. The van der Waals surface area contributed by atoms with Gasteiger partial charge in [-0.05, 0) is 54.1 Å². The van der Waals surface area contributed by atoms with Gasteiger partial charge in [0, 0.05) is 41.3 Å². The molecule has 0 spiro atoms. The van der Waals surface area contributed by atoms with Crippen LogP contribution < -0.4 is 14.8 Å². The summed E-state index contributed by atoms with van der Waals surface area (Å²) in [5.41, 5.74) is 5.47. The molecule has 0 radical (unpaired) electrons. The molecule has 6 rings (SSSR count). The largest absolute Gasteiger partial charge is 0.491 e. The topological polar surface area (TPSA) is 82.3 Å². The van der Waals surface area contributed by atoms with E-state index in [2.05, 4.69) is 88.9 Å². The van der Waals surface area contributed by atoms with Gasteiger partial charge in [0.25, 0.3) is 0 Å². The first-order valence-corrected chi connectivity index (χ1v) is 14.1. The first-order valence-electron chi connectivity index (χ1n) is 14.1. The van der Waals surface area contributed by atoms with Crippen LogP contribution in [0.15, 0.2) is 115 Å². The molecule has 0 saturated carbocycles. The molecule has 4 aromatic carbocycles. The third kappa shape index (κ3) is 6.46. The molecule has 4 N–H and O–H groups in total. The summed E-state index contributed by atoms with van der Waals surface area (Å²) < 4.78 is 12.4. The third-order valence-corrected chi connectivity index (χ3v) is 7.34. The van der Waals surface area contributed by atoms with Gasteiger partial charge in [0.2, 0.25) is 0 Å².